The number of carbonyl (C=O) groups excluding carboxylic acids is 1. The standard InChI is InChI=1S/C24H25ClN2O5S/c1-17-2-4-18(5-3-17)21(27-12-14-31-15-13-27)16-26-24(28)22-10-11-23(32-22)33(29,30)20-8-6-19(25)7-9-20/h2-11,21H,12-16H2,1H3,(H,26,28). The van der Waals surface area contributed by atoms with Crippen LogP contribution in [0, 0.1) is 6.92 Å². The number of amides is 1. The zero-order valence-corrected chi connectivity index (χ0v) is 19.7. The first-order valence-corrected chi connectivity index (χ1v) is 12.5. The topological polar surface area (TPSA) is 88.8 Å². The smallest absolute Gasteiger partial charge is 0.287 e. The number of nitrogens with one attached hydrogen (secondary N) is 1. The highest BCUT2D eigenvalue weighted by Crippen LogP contribution is 2.25. The summed E-state index contributed by atoms with van der Waals surface area (Å²) < 4.78 is 36.5. The molecule has 0 radical (unpaired) electrons. The van der Waals surface area contributed by atoms with E-state index in [1.54, 1.807) is 0 Å². The molecule has 3 aromatic rings. The van der Waals surface area contributed by atoms with Crippen molar-refractivity contribution in [2.24, 2.45) is 0 Å². The molecule has 4 rings (SSSR count). The zero-order chi connectivity index (χ0) is 23.4. The fraction of sp³-hybridized carbons (Fsp3) is 0.292. The number of morpholine rings is 1. The second kappa shape index (κ2) is 10.1. The van der Waals surface area contributed by atoms with Gasteiger partial charge in [0.1, 0.15) is 0 Å². The molecule has 2 heterocycles. The lowest BCUT2D eigenvalue weighted by atomic mass is 10.0. The molecule has 174 valence electrons. The van der Waals surface area contributed by atoms with Crippen LogP contribution in [0.4, 0.5) is 0 Å². The summed E-state index contributed by atoms with van der Waals surface area (Å²) in [6, 6.07) is 16.6. The second-order valence-electron chi connectivity index (χ2n) is 7.86. The number of sulfone groups is 1. The summed E-state index contributed by atoms with van der Waals surface area (Å²) in [5.74, 6) is -0.537. The minimum absolute atomic E-state index is 0.0364. The molecule has 1 aliphatic rings. The molecule has 0 aliphatic carbocycles. The van der Waals surface area contributed by atoms with E-state index in [0.29, 0.717) is 24.8 Å². The van der Waals surface area contributed by atoms with Gasteiger partial charge in [0.2, 0.25) is 14.9 Å². The minimum Gasteiger partial charge on any atom is -0.439 e. The van der Waals surface area contributed by atoms with Gasteiger partial charge in [-0.15, -0.1) is 0 Å². The van der Waals surface area contributed by atoms with Crippen LogP contribution in [-0.2, 0) is 14.6 Å². The molecule has 9 heteroatoms. The van der Waals surface area contributed by atoms with Gasteiger partial charge in [-0.3, -0.25) is 9.69 Å². The fourth-order valence-electron chi connectivity index (χ4n) is 3.73. The molecule has 1 amide bonds. The van der Waals surface area contributed by atoms with Gasteiger partial charge in [0.25, 0.3) is 5.91 Å². The summed E-state index contributed by atoms with van der Waals surface area (Å²) in [4.78, 5) is 15.1. The Balaban J connectivity index is 1.48. The van der Waals surface area contributed by atoms with Crippen molar-refractivity contribution < 1.29 is 22.4 Å². The van der Waals surface area contributed by atoms with E-state index >= 15 is 0 Å². The summed E-state index contributed by atoms with van der Waals surface area (Å²) in [5.41, 5.74) is 2.25. The number of carbonyl (C=O) groups is 1. The molecule has 1 atom stereocenters. The fourth-order valence-corrected chi connectivity index (χ4v) is 5.03. The first-order valence-electron chi connectivity index (χ1n) is 10.6. The Morgan fingerprint density at radius 3 is 2.36 bits per heavy atom. The third-order valence-corrected chi connectivity index (χ3v) is 7.49. The molecular formula is C24H25ClN2O5S. The number of hydrogen-bond donors (Lipinski definition) is 1. The van der Waals surface area contributed by atoms with Crippen LogP contribution >= 0.6 is 11.6 Å². The predicted molar refractivity (Wildman–Crippen MR) is 124 cm³/mol. The van der Waals surface area contributed by atoms with Crippen molar-refractivity contribution in [1.82, 2.24) is 10.2 Å². The van der Waals surface area contributed by atoms with Crippen LogP contribution in [0.2, 0.25) is 5.02 Å². The molecular weight excluding hydrogens is 464 g/mol. The molecule has 0 bridgehead atoms. The summed E-state index contributed by atoms with van der Waals surface area (Å²) in [6.07, 6.45) is 0. The zero-order valence-electron chi connectivity index (χ0n) is 18.2. The maximum absolute atomic E-state index is 12.8. The van der Waals surface area contributed by atoms with Gasteiger partial charge in [-0.25, -0.2) is 8.42 Å². The van der Waals surface area contributed by atoms with E-state index < -0.39 is 15.7 Å². The van der Waals surface area contributed by atoms with Crippen LogP contribution in [0.3, 0.4) is 0 Å². The highest BCUT2D eigenvalue weighted by Gasteiger charge is 2.26. The third kappa shape index (κ3) is 5.47. The first kappa shape index (κ1) is 23.5. The average molecular weight is 489 g/mol. The van der Waals surface area contributed by atoms with Gasteiger partial charge in [0, 0.05) is 24.7 Å². The average Bonchev–Trinajstić information content (AvgIpc) is 3.33. The van der Waals surface area contributed by atoms with E-state index in [1.807, 2.05) is 19.1 Å². The Kier molecular flexibility index (Phi) is 7.19. The van der Waals surface area contributed by atoms with Crippen LogP contribution in [0.15, 0.2) is 75.1 Å². The van der Waals surface area contributed by atoms with E-state index in [1.165, 1.54) is 36.4 Å². The van der Waals surface area contributed by atoms with Gasteiger partial charge in [-0.2, -0.15) is 0 Å². The maximum Gasteiger partial charge on any atom is 0.287 e. The molecule has 33 heavy (non-hydrogen) atoms. The van der Waals surface area contributed by atoms with Crippen molar-refractivity contribution in [2.75, 3.05) is 32.8 Å². The molecule has 7 nitrogen and oxygen atoms in total. The van der Waals surface area contributed by atoms with Gasteiger partial charge in [0.05, 0.1) is 24.2 Å². The normalized spacial score (nSPS) is 15.8. The summed E-state index contributed by atoms with van der Waals surface area (Å²) in [6.45, 7) is 5.18. The van der Waals surface area contributed by atoms with Crippen molar-refractivity contribution in [3.05, 3.63) is 82.6 Å². The van der Waals surface area contributed by atoms with E-state index in [9.17, 15) is 13.2 Å². The van der Waals surface area contributed by atoms with Gasteiger partial charge in [0.15, 0.2) is 5.76 Å². The number of hydrogen-bond acceptors (Lipinski definition) is 6. The molecule has 0 saturated carbocycles. The van der Waals surface area contributed by atoms with Gasteiger partial charge >= 0.3 is 0 Å². The molecule has 1 aromatic heterocycles. The number of nitrogens with zero attached hydrogens (tertiary/aromatic N) is 1. The van der Waals surface area contributed by atoms with Crippen molar-refractivity contribution in [3.8, 4) is 0 Å². The van der Waals surface area contributed by atoms with Crippen LogP contribution in [0.25, 0.3) is 0 Å². The number of aryl methyl sites for hydroxylation is 1. The lowest BCUT2D eigenvalue weighted by molar-refractivity contribution is 0.0161. The van der Waals surface area contributed by atoms with Crippen LogP contribution in [-0.4, -0.2) is 52.1 Å². The lowest BCUT2D eigenvalue weighted by Crippen LogP contribution is -2.43. The SMILES string of the molecule is Cc1ccc(C(CNC(=O)c2ccc(S(=O)(=O)c3ccc(Cl)cc3)o2)N2CCOCC2)cc1. The maximum atomic E-state index is 12.8. The molecule has 1 unspecified atom stereocenters. The number of ether oxygens (including phenoxy) is 1. The third-order valence-electron chi connectivity index (χ3n) is 5.60. The predicted octanol–water partition coefficient (Wildman–Crippen LogP) is 3.88. The van der Waals surface area contributed by atoms with Crippen molar-refractivity contribution >= 4 is 27.3 Å². The Morgan fingerprint density at radius 2 is 1.70 bits per heavy atom. The van der Waals surface area contributed by atoms with E-state index in [2.05, 4.69) is 22.3 Å². The largest absolute Gasteiger partial charge is 0.439 e. The first-order chi connectivity index (χ1) is 15.8. The Labute approximate surface area is 198 Å². The molecule has 1 aliphatic heterocycles. The molecule has 1 N–H and O–H groups in total. The minimum atomic E-state index is -3.89. The Hall–Kier alpha value is -2.65. The lowest BCUT2D eigenvalue weighted by Gasteiger charge is -2.35. The Morgan fingerprint density at radius 1 is 1.03 bits per heavy atom. The van der Waals surface area contributed by atoms with Crippen molar-refractivity contribution in [1.29, 1.82) is 0 Å². The highest BCUT2D eigenvalue weighted by molar-refractivity contribution is 7.91. The van der Waals surface area contributed by atoms with Crippen LogP contribution in [0.5, 0.6) is 0 Å². The highest BCUT2D eigenvalue weighted by atomic mass is 35.5. The van der Waals surface area contributed by atoms with Gasteiger partial charge < -0.3 is 14.5 Å². The van der Waals surface area contributed by atoms with Gasteiger partial charge in [-0.1, -0.05) is 41.4 Å². The summed E-state index contributed by atoms with van der Waals surface area (Å²) in [7, 11) is -3.89. The second-order valence-corrected chi connectivity index (χ2v) is 10.2. The number of halogens is 1. The molecule has 2 aromatic carbocycles. The Bertz CT molecular complexity index is 1200. The van der Waals surface area contributed by atoms with E-state index in [0.717, 1.165) is 24.2 Å². The van der Waals surface area contributed by atoms with Crippen molar-refractivity contribution in [3.63, 3.8) is 0 Å². The summed E-state index contributed by atoms with van der Waals surface area (Å²) >= 11 is 5.84. The van der Waals surface area contributed by atoms with Crippen LogP contribution in [0.1, 0.15) is 27.7 Å². The number of benzene rings is 2. The number of furan rings is 1. The van der Waals surface area contributed by atoms with E-state index in [4.69, 9.17) is 20.8 Å². The van der Waals surface area contributed by atoms with Gasteiger partial charge in [-0.05, 0) is 48.9 Å². The van der Waals surface area contributed by atoms with E-state index in [-0.39, 0.29) is 21.8 Å². The monoisotopic (exact) mass is 488 g/mol. The molecule has 0 spiro atoms. The molecule has 1 saturated heterocycles. The quantitative estimate of drug-likeness (QED) is 0.543. The van der Waals surface area contributed by atoms with Crippen LogP contribution < -0.4 is 5.32 Å². The molecule has 1 fully saturated rings. The summed E-state index contributed by atoms with van der Waals surface area (Å²) in [5, 5.41) is 3.03. The number of rotatable bonds is 7. The van der Waals surface area contributed by atoms with Crippen molar-refractivity contribution in [2.45, 2.75) is 23.0 Å².